The van der Waals surface area contributed by atoms with Crippen molar-refractivity contribution in [3.05, 3.63) is 12.2 Å². The third-order valence-corrected chi connectivity index (χ3v) is 2.06. The van der Waals surface area contributed by atoms with E-state index in [-0.39, 0.29) is 18.4 Å². The van der Waals surface area contributed by atoms with Gasteiger partial charge in [-0.2, -0.15) is 0 Å². The Morgan fingerprint density at radius 3 is 2.36 bits per heavy atom. The van der Waals surface area contributed by atoms with E-state index in [1.54, 1.807) is 6.92 Å². The monoisotopic (exact) mass is 200 g/mol. The van der Waals surface area contributed by atoms with E-state index in [1.165, 1.54) is 0 Å². The van der Waals surface area contributed by atoms with Crippen molar-refractivity contribution in [2.45, 2.75) is 40.2 Å². The molecular formula is C11H20O3. The van der Waals surface area contributed by atoms with Crippen molar-refractivity contribution in [1.82, 2.24) is 0 Å². The van der Waals surface area contributed by atoms with Crippen molar-refractivity contribution in [2.75, 3.05) is 6.61 Å². The van der Waals surface area contributed by atoms with Gasteiger partial charge in [0, 0.05) is 6.42 Å². The Hall–Kier alpha value is -0.830. The molecule has 3 nitrogen and oxygen atoms in total. The molecule has 0 aliphatic rings. The van der Waals surface area contributed by atoms with Crippen LogP contribution < -0.4 is 0 Å². The summed E-state index contributed by atoms with van der Waals surface area (Å²) in [6, 6.07) is 0. The van der Waals surface area contributed by atoms with Crippen LogP contribution in [0.3, 0.4) is 0 Å². The van der Waals surface area contributed by atoms with E-state index in [2.05, 4.69) is 11.3 Å². The zero-order chi connectivity index (χ0) is 11.4. The minimum Gasteiger partial charge on any atom is -0.464 e. The SMILES string of the molecule is C=C(C[C@H](O)C(=O)OCC)C(C)(C)C. The van der Waals surface area contributed by atoms with Gasteiger partial charge in [0.15, 0.2) is 6.10 Å². The molecular weight excluding hydrogens is 180 g/mol. The fraction of sp³-hybridized carbons (Fsp3) is 0.727. The molecule has 0 saturated heterocycles. The second-order valence-electron chi connectivity index (χ2n) is 4.33. The topological polar surface area (TPSA) is 46.5 Å². The van der Waals surface area contributed by atoms with Crippen LogP contribution in [-0.4, -0.2) is 23.8 Å². The van der Waals surface area contributed by atoms with E-state index >= 15 is 0 Å². The number of hydrogen-bond donors (Lipinski definition) is 1. The highest BCUT2D eigenvalue weighted by atomic mass is 16.5. The van der Waals surface area contributed by atoms with Gasteiger partial charge in [0.05, 0.1) is 6.61 Å². The van der Waals surface area contributed by atoms with Crippen LogP contribution in [0.15, 0.2) is 12.2 Å². The highest BCUT2D eigenvalue weighted by Crippen LogP contribution is 2.27. The molecule has 0 radical (unpaired) electrons. The zero-order valence-corrected chi connectivity index (χ0v) is 9.46. The van der Waals surface area contributed by atoms with Gasteiger partial charge in [-0.15, -0.1) is 0 Å². The Bertz CT molecular complexity index is 213. The smallest absolute Gasteiger partial charge is 0.335 e. The molecule has 0 spiro atoms. The van der Waals surface area contributed by atoms with E-state index in [0.29, 0.717) is 0 Å². The average molecular weight is 200 g/mol. The predicted octanol–water partition coefficient (Wildman–Crippen LogP) is 1.90. The highest BCUT2D eigenvalue weighted by Gasteiger charge is 2.22. The van der Waals surface area contributed by atoms with Gasteiger partial charge in [-0.05, 0) is 12.3 Å². The summed E-state index contributed by atoms with van der Waals surface area (Å²) in [6.45, 7) is 11.8. The maximum absolute atomic E-state index is 11.1. The standard InChI is InChI=1S/C11H20O3/c1-6-14-10(13)9(12)7-8(2)11(3,4)5/h9,12H,2,6-7H2,1,3-5H3/t9-/m0/s1. The van der Waals surface area contributed by atoms with Crippen LogP contribution in [0.5, 0.6) is 0 Å². The highest BCUT2D eigenvalue weighted by molar-refractivity contribution is 5.74. The lowest BCUT2D eigenvalue weighted by Gasteiger charge is -2.23. The molecule has 0 rings (SSSR count). The number of aliphatic hydroxyl groups excluding tert-OH is 1. The molecule has 1 atom stereocenters. The van der Waals surface area contributed by atoms with Crippen molar-refractivity contribution in [2.24, 2.45) is 5.41 Å². The third-order valence-electron chi connectivity index (χ3n) is 2.06. The first kappa shape index (κ1) is 13.2. The minimum atomic E-state index is -1.08. The average Bonchev–Trinajstić information content (AvgIpc) is 2.02. The van der Waals surface area contributed by atoms with Crippen molar-refractivity contribution in [1.29, 1.82) is 0 Å². The Balaban J connectivity index is 4.13. The van der Waals surface area contributed by atoms with E-state index < -0.39 is 12.1 Å². The van der Waals surface area contributed by atoms with Gasteiger partial charge in [-0.25, -0.2) is 4.79 Å². The molecule has 0 aromatic carbocycles. The molecule has 3 heteroatoms. The summed E-state index contributed by atoms with van der Waals surface area (Å²) in [7, 11) is 0. The van der Waals surface area contributed by atoms with Crippen molar-refractivity contribution in [3.8, 4) is 0 Å². The molecule has 0 saturated carbocycles. The van der Waals surface area contributed by atoms with Gasteiger partial charge >= 0.3 is 5.97 Å². The molecule has 82 valence electrons. The number of esters is 1. The molecule has 0 aliphatic carbocycles. The lowest BCUT2D eigenvalue weighted by atomic mass is 9.84. The number of carbonyl (C=O) groups is 1. The molecule has 0 aromatic heterocycles. The second-order valence-corrected chi connectivity index (χ2v) is 4.33. The summed E-state index contributed by atoms with van der Waals surface area (Å²) in [5, 5.41) is 9.45. The lowest BCUT2D eigenvalue weighted by Crippen LogP contribution is -2.25. The summed E-state index contributed by atoms with van der Waals surface area (Å²) in [4.78, 5) is 11.1. The first-order valence-corrected chi connectivity index (χ1v) is 4.82. The maximum Gasteiger partial charge on any atom is 0.335 e. The molecule has 0 amide bonds. The summed E-state index contributed by atoms with van der Waals surface area (Å²) in [5.74, 6) is -0.571. The van der Waals surface area contributed by atoms with E-state index in [9.17, 15) is 9.90 Å². The number of carbonyl (C=O) groups excluding carboxylic acids is 1. The number of aliphatic hydroxyl groups is 1. The van der Waals surface area contributed by atoms with Gasteiger partial charge in [-0.3, -0.25) is 0 Å². The van der Waals surface area contributed by atoms with Crippen LogP contribution in [0, 0.1) is 5.41 Å². The van der Waals surface area contributed by atoms with E-state index in [1.807, 2.05) is 20.8 Å². The van der Waals surface area contributed by atoms with Crippen LogP contribution in [0.2, 0.25) is 0 Å². The Morgan fingerprint density at radius 1 is 1.50 bits per heavy atom. The van der Waals surface area contributed by atoms with Crippen LogP contribution >= 0.6 is 0 Å². The Kier molecular flexibility index (Phi) is 4.85. The second kappa shape index (κ2) is 5.15. The predicted molar refractivity (Wildman–Crippen MR) is 55.9 cm³/mol. The van der Waals surface area contributed by atoms with Crippen molar-refractivity contribution >= 4 is 5.97 Å². The quantitative estimate of drug-likeness (QED) is 0.557. The zero-order valence-electron chi connectivity index (χ0n) is 9.46. The maximum atomic E-state index is 11.1. The van der Waals surface area contributed by atoms with Crippen LogP contribution in [0.4, 0.5) is 0 Å². The molecule has 0 aliphatic heterocycles. The lowest BCUT2D eigenvalue weighted by molar-refractivity contribution is -0.152. The van der Waals surface area contributed by atoms with E-state index in [4.69, 9.17) is 0 Å². The van der Waals surface area contributed by atoms with Crippen molar-refractivity contribution in [3.63, 3.8) is 0 Å². The van der Waals surface area contributed by atoms with Gasteiger partial charge in [0.1, 0.15) is 0 Å². The van der Waals surface area contributed by atoms with Gasteiger partial charge < -0.3 is 9.84 Å². The third kappa shape index (κ3) is 4.42. The van der Waals surface area contributed by atoms with Gasteiger partial charge in [0.25, 0.3) is 0 Å². The fourth-order valence-electron chi connectivity index (χ4n) is 0.861. The normalized spacial score (nSPS) is 13.5. The van der Waals surface area contributed by atoms with Gasteiger partial charge in [0.2, 0.25) is 0 Å². The summed E-state index contributed by atoms with van der Waals surface area (Å²) in [5.41, 5.74) is 0.756. The molecule has 0 fully saturated rings. The molecule has 0 aromatic rings. The first-order valence-electron chi connectivity index (χ1n) is 4.82. The summed E-state index contributed by atoms with van der Waals surface area (Å²) < 4.78 is 4.69. The molecule has 14 heavy (non-hydrogen) atoms. The van der Waals surface area contributed by atoms with E-state index in [0.717, 1.165) is 5.57 Å². The summed E-state index contributed by atoms with van der Waals surface area (Å²) >= 11 is 0. The number of ether oxygens (including phenoxy) is 1. The van der Waals surface area contributed by atoms with Crippen LogP contribution in [0.1, 0.15) is 34.1 Å². The molecule has 0 heterocycles. The number of hydrogen-bond acceptors (Lipinski definition) is 3. The molecule has 0 bridgehead atoms. The first-order chi connectivity index (χ1) is 6.29. The molecule has 1 N–H and O–H groups in total. The number of rotatable bonds is 4. The minimum absolute atomic E-state index is 0.0898. The van der Waals surface area contributed by atoms with Crippen LogP contribution in [0.25, 0.3) is 0 Å². The van der Waals surface area contributed by atoms with Gasteiger partial charge in [-0.1, -0.05) is 32.9 Å². The fourth-order valence-corrected chi connectivity index (χ4v) is 0.861. The van der Waals surface area contributed by atoms with Crippen LogP contribution in [-0.2, 0) is 9.53 Å². The van der Waals surface area contributed by atoms with Crippen molar-refractivity contribution < 1.29 is 14.6 Å². The Morgan fingerprint density at radius 2 is 2.00 bits per heavy atom. The molecule has 0 unspecified atom stereocenters. The largest absolute Gasteiger partial charge is 0.464 e. The Labute approximate surface area is 85.8 Å². The summed E-state index contributed by atoms with van der Waals surface area (Å²) in [6.07, 6.45) is -0.816.